The van der Waals surface area contributed by atoms with Crippen molar-refractivity contribution in [3.05, 3.63) is 29.6 Å². The van der Waals surface area contributed by atoms with Gasteiger partial charge in [0, 0.05) is 25.8 Å². The summed E-state index contributed by atoms with van der Waals surface area (Å²) in [5.41, 5.74) is -0.905. The maximum Gasteiger partial charge on any atom is 0.433 e. The molecule has 1 aliphatic heterocycles. The lowest BCUT2D eigenvalue weighted by molar-refractivity contribution is -0.141. The molecule has 1 atom stereocenters. The van der Waals surface area contributed by atoms with Crippen LogP contribution in [-0.4, -0.2) is 37.8 Å². The standard InChI is InChI=1S/C15H19F3N6/c1-10-20-11(2)24(22-10)9-12-4-3-7-23(8-12)14-19-6-5-13(21-14)15(16,17)18/h5-6,12H,3-4,7-9H2,1-2H3/t12-/m0/s1. The summed E-state index contributed by atoms with van der Waals surface area (Å²) in [5, 5.41) is 4.36. The summed E-state index contributed by atoms with van der Waals surface area (Å²) in [6.45, 7) is 5.71. The molecule has 1 fully saturated rings. The van der Waals surface area contributed by atoms with Crippen LogP contribution in [0.4, 0.5) is 19.1 Å². The molecule has 24 heavy (non-hydrogen) atoms. The van der Waals surface area contributed by atoms with E-state index in [1.54, 1.807) is 0 Å². The maximum absolute atomic E-state index is 12.8. The minimum absolute atomic E-state index is 0.140. The molecule has 3 rings (SSSR count). The Morgan fingerprint density at radius 2 is 2.04 bits per heavy atom. The number of halogens is 3. The first-order valence-electron chi connectivity index (χ1n) is 7.86. The van der Waals surface area contributed by atoms with E-state index in [1.807, 2.05) is 23.4 Å². The fourth-order valence-electron chi connectivity index (χ4n) is 3.03. The molecule has 9 heteroatoms. The highest BCUT2D eigenvalue weighted by molar-refractivity contribution is 5.31. The van der Waals surface area contributed by atoms with Crippen molar-refractivity contribution in [3.63, 3.8) is 0 Å². The molecule has 0 aromatic carbocycles. The second kappa shape index (κ2) is 6.37. The molecule has 0 N–H and O–H groups in total. The predicted octanol–water partition coefficient (Wildman–Crippen LogP) is 2.62. The number of rotatable bonds is 3. The zero-order valence-electron chi connectivity index (χ0n) is 13.6. The normalized spacial score (nSPS) is 18.9. The van der Waals surface area contributed by atoms with E-state index in [-0.39, 0.29) is 11.9 Å². The number of piperidine rings is 1. The average molecular weight is 340 g/mol. The molecule has 0 aliphatic carbocycles. The van der Waals surface area contributed by atoms with Gasteiger partial charge in [-0.3, -0.25) is 0 Å². The van der Waals surface area contributed by atoms with Crippen molar-refractivity contribution in [2.45, 2.75) is 39.4 Å². The van der Waals surface area contributed by atoms with Crippen molar-refractivity contribution in [1.82, 2.24) is 24.7 Å². The van der Waals surface area contributed by atoms with E-state index < -0.39 is 11.9 Å². The molecule has 1 aliphatic rings. The Labute approximate surface area is 137 Å². The molecular weight excluding hydrogens is 321 g/mol. The zero-order chi connectivity index (χ0) is 17.3. The first kappa shape index (κ1) is 16.7. The van der Waals surface area contributed by atoms with Gasteiger partial charge < -0.3 is 4.90 Å². The van der Waals surface area contributed by atoms with Crippen molar-refractivity contribution >= 4 is 5.95 Å². The SMILES string of the molecule is Cc1nc(C)n(C[C@H]2CCCN(c3nccc(C(F)(F)F)n3)C2)n1. The summed E-state index contributed by atoms with van der Waals surface area (Å²) >= 11 is 0. The second-order valence-electron chi connectivity index (χ2n) is 6.08. The van der Waals surface area contributed by atoms with Gasteiger partial charge in [-0.1, -0.05) is 0 Å². The highest BCUT2D eigenvalue weighted by Gasteiger charge is 2.33. The first-order valence-corrected chi connectivity index (χ1v) is 7.86. The fraction of sp³-hybridized carbons (Fsp3) is 0.600. The van der Waals surface area contributed by atoms with Crippen LogP contribution in [0.15, 0.2) is 12.3 Å². The molecule has 0 bridgehead atoms. The lowest BCUT2D eigenvalue weighted by Crippen LogP contribution is -2.38. The van der Waals surface area contributed by atoms with Gasteiger partial charge >= 0.3 is 6.18 Å². The number of hydrogen-bond donors (Lipinski definition) is 0. The number of anilines is 1. The lowest BCUT2D eigenvalue weighted by Gasteiger charge is -2.33. The summed E-state index contributed by atoms with van der Waals surface area (Å²) in [6, 6.07) is 0.895. The Morgan fingerprint density at radius 3 is 2.71 bits per heavy atom. The van der Waals surface area contributed by atoms with Gasteiger partial charge in [-0.25, -0.2) is 19.6 Å². The van der Waals surface area contributed by atoms with Crippen LogP contribution in [-0.2, 0) is 12.7 Å². The van der Waals surface area contributed by atoms with Gasteiger partial charge in [0.1, 0.15) is 17.3 Å². The number of aryl methyl sites for hydroxylation is 2. The van der Waals surface area contributed by atoms with Gasteiger partial charge in [0.05, 0.1) is 0 Å². The van der Waals surface area contributed by atoms with Crippen LogP contribution in [0.3, 0.4) is 0 Å². The third kappa shape index (κ3) is 3.65. The minimum Gasteiger partial charge on any atom is -0.340 e. The molecule has 0 unspecified atom stereocenters. The summed E-state index contributed by atoms with van der Waals surface area (Å²) in [7, 11) is 0. The van der Waals surface area contributed by atoms with Crippen LogP contribution in [0.1, 0.15) is 30.2 Å². The van der Waals surface area contributed by atoms with Crippen molar-refractivity contribution in [2.75, 3.05) is 18.0 Å². The van der Waals surface area contributed by atoms with E-state index in [2.05, 4.69) is 20.1 Å². The lowest BCUT2D eigenvalue weighted by atomic mass is 9.98. The van der Waals surface area contributed by atoms with Gasteiger partial charge in [0.15, 0.2) is 0 Å². The molecule has 6 nitrogen and oxygen atoms in total. The quantitative estimate of drug-likeness (QED) is 0.860. The van der Waals surface area contributed by atoms with Crippen LogP contribution in [0.2, 0.25) is 0 Å². The van der Waals surface area contributed by atoms with Gasteiger partial charge in [0.2, 0.25) is 5.95 Å². The molecule has 0 saturated carbocycles. The molecule has 1 saturated heterocycles. The Balaban J connectivity index is 1.73. The van der Waals surface area contributed by atoms with E-state index in [0.717, 1.165) is 30.6 Å². The molecule has 3 heterocycles. The zero-order valence-corrected chi connectivity index (χ0v) is 13.6. The van der Waals surface area contributed by atoms with Crippen molar-refractivity contribution in [2.24, 2.45) is 5.92 Å². The van der Waals surface area contributed by atoms with E-state index in [4.69, 9.17) is 0 Å². The second-order valence-corrected chi connectivity index (χ2v) is 6.08. The molecule has 130 valence electrons. The van der Waals surface area contributed by atoms with E-state index in [0.29, 0.717) is 19.6 Å². The summed E-state index contributed by atoms with van der Waals surface area (Å²) < 4.78 is 40.3. The maximum atomic E-state index is 12.8. The molecule has 0 spiro atoms. The van der Waals surface area contributed by atoms with Crippen LogP contribution in [0, 0.1) is 19.8 Å². The highest BCUT2D eigenvalue weighted by atomic mass is 19.4. The number of alkyl halides is 3. The van der Waals surface area contributed by atoms with Gasteiger partial charge in [-0.2, -0.15) is 18.3 Å². The van der Waals surface area contributed by atoms with Crippen LogP contribution in [0.25, 0.3) is 0 Å². The highest BCUT2D eigenvalue weighted by Crippen LogP contribution is 2.29. The van der Waals surface area contributed by atoms with Crippen LogP contribution < -0.4 is 4.90 Å². The van der Waals surface area contributed by atoms with Crippen LogP contribution >= 0.6 is 0 Å². The van der Waals surface area contributed by atoms with E-state index >= 15 is 0 Å². The Kier molecular flexibility index (Phi) is 4.42. The summed E-state index contributed by atoms with van der Waals surface area (Å²) in [5.74, 6) is 1.99. The van der Waals surface area contributed by atoms with Gasteiger partial charge in [-0.15, -0.1) is 0 Å². The number of aromatic nitrogens is 5. The van der Waals surface area contributed by atoms with E-state index in [1.165, 1.54) is 6.20 Å². The largest absolute Gasteiger partial charge is 0.433 e. The predicted molar refractivity (Wildman–Crippen MR) is 81.5 cm³/mol. The Hall–Kier alpha value is -2.19. The van der Waals surface area contributed by atoms with Crippen LogP contribution in [0.5, 0.6) is 0 Å². The van der Waals surface area contributed by atoms with Crippen molar-refractivity contribution in [1.29, 1.82) is 0 Å². The topological polar surface area (TPSA) is 59.7 Å². The monoisotopic (exact) mass is 340 g/mol. The number of nitrogens with zero attached hydrogens (tertiary/aromatic N) is 6. The minimum atomic E-state index is -4.46. The molecule has 2 aromatic heterocycles. The molecule has 0 amide bonds. The Morgan fingerprint density at radius 1 is 1.25 bits per heavy atom. The average Bonchev–Trinajstić information content (AvgIpc) is 2.84. The van der Waals surface area contributed by atoms with Crippen molar-refractivity contribution in [3.8, 4) is 0 Å². The summed E-state index contributed by atoms with van der Waals surface area (Å²) in [4.78, 5) is 13.8. The van der Waals surface area contributed by atoms with E-state index in [9.17, 15) is 13.2 Å². The van der Waals surface area contributed by atoms with Crippen molar-refractivity contribution < 1.29 is 13.2 Å². The third-order valence-corrected chi connectivity index (χ3v) is 4.13. The fourth-order valence-corrected chi connectivity index (χ4v) is 3.03. The number of hydrogen-bond acceptors (Lipinski definition) is 5. The van der Waals surface area contributed by atoms with Gasteiger partial charge in [-0.05, 0) is 38.7 Å². The van der Waals surface area contributed by atoms with Gasteiger partial charge in [0.25, 0.3) is 0 Å². The third-order valence-electron chi connectivity index (χ3n) is 4.13. The molecule has 2 aromatic rings. The molecule has 0 radical (unpaired) electrons. The smallest absolute Gasteiger partial charge is 0.340 e. The molecular formula is C15H19F3N6. The first-order chi connectivity index (χ1) is 11.3. The summed E-state index contributed by atoms with van der Waals surface area (Å²) in [6.07, 6.45) is -1.41. The Bertz CT molecular complexity index is 711.